The summed E-state index contributed by atoms with van der Waals surface area (Å²) in [6.07, 6.45) is 3.78. The molecule has 0 saturated carbocycles. The number of aromatic hydroxyl groups is 1. The lowest BCUT2D eigenvalue weighted by atomic mass is 10.2. The van der Waals surface area contributed by atoms with Crippen LogP contribution in [0.2, 0.25) is 0 Å². The number of rotatable bonds is 1. The molecular weight excluding hydrogens is 164 g/mol. The Kier molecular flexibility index (Phi) is 2.00. The first-order valence-corrected chi connectivity index (χ1v) is 4.09. The van der Waals surface area contributed by atoms with Crippen molar-refractivity contribution in [3.63, 3.8) is 0 Å². The topological polar surface area (TPSA) is 44.6 Å². The molecule has 1 heterocycles. The average Bonchev–Trinajstić information content (AvgIpc) is 2.62. The van der Waals surface area contributed by atoms with Gasteiger partial charge in [0, 0.05) is 6.21 Å². The zero-order valence-electron chi connectivity index (χ0n) is 7.07. The Morgan fingerprint density at radius 3 is 2.69 bits per heavy atom. The lowest BCUT2D eigenvalue weighted by Gasteiger charge is -1.97. The minimum atomic E-state index is 0.287. The van der Waals surface area contributed by atoms with Crippen molar-refractivity contribution in [1.29, 1.82) is 0 Å². The summed E-state index contributed by atoms with van der Waals surface area (Å²) in [4.78, 5) is 4.02. The third-order valence-corrected chi connectivity index (χ3v) is 1.82. The van der Waals surface area contributed by atoms with E-state index in [-0.39, 0.29) is 5.75 Å². The Bertz CT molecular complexity index is 352. The van der Waals surface area contributed by atoms with Crippen molar-refractivity contribution in [2.75, 3.05) is 6.67 Å². The Balaban J connectivity index is 2.22. The fraction of sp³-hybridized carbons (Fsp3) is 0.100. The predicted octanol–water partition coefficient (Wildman–Crippen LogP) is 1.36. The number of nitrogens with zero attached hydrogens (tertiary/aromatic N) is 1. The van der Waals surface area contributed by atoms with E-state index in [2.05, 4.69) is 10.3 Å². The van der Waals surface area contributed by atoms with Gasteiger partial charge in [-0.1, -0.05) is 12.1 Å². The average molecular weight is 174 g/mol. The van der Waals surface area contributed by atoms with Crippen LogP contribution in [0.3, 0.4) is 0 Å². The van der Waals surface area contributed by atoms with Gasteiger partial charge in [0.15, 0.2) is 0 Å². The quantitative estimate of drug-likeness (QED) is 0.675. The molecule has 0 aliphatic carbocycles. The molecule has 2 N–H and O–H groups in total. The molecule has 2 rings (SSSR count). The third kappa shape index (κ3) is 1.87. The number of aliphatic imine (C=N–C) groups is 1. The van der Waals surface area contributed by atoms with E-state index in [0.717, 1.165) is 11.3 Å². The molecule has 1 aliphatic rings. The number of nitrogens with one attached hydrogen (secondary N) is 1. The van der Waals surface area contributed by atoms with Crippen LogP contribution in [0, 0.1) is 0 Å². The molecule has 0 bridgehead atoms. The first-order chi connectivity index (χ1) is 6.34. The molecule has 3 nitrogen and oxygen atoms in total. The van der Waals surface area contributed by atoms with Crippen LogP contribution in [0.15, 0.2) is 35.0 Å². The van der Waals surface area contributed by atoms with E-state index in [9.17, 15) is 0 Å². The molecule has 0 fully saturated rings. The van der Waals surface area contributed by atoms with Crippen molar-refractivity contribution < 1.29 is 5.11 Å². The summed E-state index contributed by atoms with van der Waals surface area (Å²) in [6, 6.07) is 7.04. The van der Waals surface area contributed by atoms with Crippen molar-refractivity contribution in [3.8, 4) is 5.75 Å². The predicted molar refractivity (Wildman–Crippen MR) is 52.6 cm³/mol. The summed E-state index contributed by atoms with van der Waals surface area (Å²) in [5.41, 5.74) is 2.05. The van der Waals surface area contributed by atoms with Gasteiger partial charge < -0.3 is 10.4 Å². The SMILES string of the molecule is Oc1ccc(C=C2C=NCN2)cc1. The van der Waals surface area contributed by atoms with E-state index in [0.29, 0.717) is 6.67 Å². The van der Waals surface area contributed by atoms with Crippen LogP contribution in [0.4, 0.5) is 0 Å². The highest BCUT2D eigenvalue weighted by Crippen LogP contribution is 2.12. The van der Waals surface area contributed by atoms with Gasteiger partial charge >= 0.3 is 0 Å². The molecule has 1 aliphatic heterocycles. The van der Waals surface area contributed by atoms with Gasteiger partial charge in [-0.25, -0.2) is 0 Å². The smallest absolute Gasteiger partial charge is 0.115 e. The van der Waals surface area contributed by atoms with Gasteiger partial charge in [-0.15, -0.1) is 0 Å². The van der Waals surface area contributed by atoms with Crippen molar-refractivity contribution in [1.82, 2.24) is 5.32 Å². The van der Waals surface area contributed by atoms with Gasteiger partial charge in [-0.05, 0) is 23.8 Å². The van der Waals surface area contributed by atoms with Crippen LogP contribution < -0.4 is 5.32 Å². The molecule has 13 heavy (non-hydrogen) atoms. The van der Waals surface area contributed by atoms with Crippen molar-refractivity contribution in [2.24, 2.45) is 4.99 Å². The first-order valence-electron chi connectivity index (χ1n) is 4.09. The van der Waals surface area contributed by atoms with Gasteiger partial charge in [-0.3, -0.25) is 4.99 Å². The number of benzene rings is 1. The van der Waals surface area contributed by atoms with Gasteiger partial charge in [0.25, 0.3) is 0 Å². The third-order valence-electron chi connectivity index (χ3n) is 1.82. The molecule has 0 unspecified atom stereocenters. The lowest BCUT2D eigenvalue weighted by molar-refractivity contribution is 0.475. The number of hydrogen-bond acceptors (Lipinski definition) is 3. The first kappa shape index (κ1) is 7.86. The zero-order chi connectivity index (χ0) is 9.10. The van der Waals surface area contributed by atoms with Crippen LogP contribution >= 0.6 is 0 Å². The van der Waals surface area contributed by atoms with E-state index < -0.39 is 0 Å². The molecule has 0 saturated heterocycles. The molecule has 0 amide bonds. The summed E-state index contributed by atoms with van der Waals surface area (Å²) in [6.45, 7) is 0.657. The van der Waals surface area contributed by atoms with Gasteiger partial charge in [-0.2, -0.15) is 0 Å². The highest BCUT2D eigenvalue weighted by atomic mass is 16.3. The summed E-state index contributed by atoms with van der Waals surface area (Å²) in [5, 5.41) is 12.2. The summed E-state index contributed by atoms with van der Waals surface area (Å²) < 4.78 is 0. The van der Waals surface area contributed by atoms with Crippen LogP contribution in [0.25, 0.3) is 6.08 Å². The standard InChI is InChI=1S/C10H10N2O/c13-10-3-1-8(2-4-10)5-9-6-11-7-12-9/h1-6,12-13H,7H2. The van der Waals surface area contributed by atoms with E-state index in [1.165, 1.54) is 0 Å². The highest BCUT2D eigenvalue weighted by molar-refractivity contribution is 5.86. The lowest BCUT2D eigenvalue weighted by Crippen LogP contribution is -2.05. The van der Waals surface area contributed by atoms with Crippen LogP contribution in [0.5, 0.6) is 5.75 Å². The summed E-state index contributed by atoms with van der Waals surface area (Å²) in [7, 11) is 0. The molecule has 3 heteroatoms. The number of phenols is 1. The fourth-order valence-electron chi connectivity index (χ4n) is 1.16. The molecule has 0 atom stereocenters. The number of phenolic OH excluding ortho intramolecular Hbond substituents is 1. The Hall–Kier alpha value is -1.77. The molecule has 1 aromatic rings. The maximum Gasteiger partial charge on any atom is 0.115 e. The molecule has 66 valence electrons. The Morgan fingerprint density at radius 2 is 2.08 bits per heavy atom. The fourth-order valence-corrected chi connectivity index (χ4v) is 1.16. The molecule has 0 aromatic heterocycles. The van der Waals surface area contributed by atoms with E-state index in [1.54, 1.807) is 18.3 Å². The summed E-state index contributed by atoms with van der Waals surface area (Å²) >= 11 is 0. The van der Waals surface area contributed by atoms with Gasteiger partial charge in [0.05, 0.1) is 5.70 Å². The molecule has 1 aromatic carbocycles. The minimum absolute atomic E-state index is 0.287. The van der Waals surface area contributed by atoms with E-state index in [1.807, 2.05) is 18.2 Å². The second kappa shape index (κ2) is 3.31. The maximum absolute atomic E-state index is 9.05. The Labute approximate surface area is 76.4 Å². The maximum atomic E-state index is 9.05. The molecular formula is C10H10N2O. The van der Waals surface area contributed by atoms with Gasteiger partial charge in [0.1, 0.15) is 12.4 Å². The van der Waals surface area contributed by atoms with Crippen LogP contribution in [-0.2, 0) is 0 Å². The van der Waals surface area contributed by atoms with E-state index >= 15 is 0 Å². The van der Waals surface area contributed by atoms with Crippen molar-refractivity contribution >= 4 is 12.3 Å². The largest absolute Gasteiger partial charge is 0.508 e. The van der Waals surface area contributed by atoms with E-state index in [4.69, 9.17) is 5.11 Å². The summed E-state index contributed by atoms with van der Waals surface area (Å²) in [5.74, 6) is 0.287. The zero-order valence-corrected chi connectivity index (χ0v) is 7.07. The monoisotopic (exact) mass is 174 g/mol. The highest BCUT2D eigenvalue weighted by Gasteiger charge is 1.97. The number of hydrogen-bond donors (Lipinski definition) is 2. The minimum Gasteiger partial charge on any atom is -0.508 e. The number of allylic oxidation sites excluding steroid dienone is 1. The molecule has 0 radical (unpaired) electrons. The molecule has 0 spiro atoms. The van der Waals surface area contributed by atoms with Crippen LogP contribution in [0.1, 0.15) is 5.56 Å². The normalized spacial score (nSPS) is 17.7. The van der Waals surface area contributed by atoms with Crippen molar-refractivity contribution in [2.45, 2.75) is 0 Å². The second-order valence-corrected chi connectivity index (χ2v) is 2.84. The van der Waals surface area contributed by atoms with Crippen molar-refractivity contribution in [3.05, 3.63) is 35.5 Å². The Morgan fingerprint density at radius 1 is 1.31 bits per heavy atom. The van der Waals surface area contributed by atoms with Gasteiger partial charge in [0.2, 0.25) is 0 Å². The second-order valence-electron chi connectivity index (χ2n) is 2.84. The van der Waals surface area contributed by atoms with Crippen LogP contribution in [-0.4, -0.2) is 18.0 Å².